The van der Waals surface area contributed by atoms with Crippen LogP contribution < -0.4 is 0 Å². The highest BCUT2D eigenvalue weighted by Gasteiger charge is 2.23. The number of hydrogen-bond donors (Lipinski definition) is 0. The van der Waals surface area contributed by atoms with Gasteiger partial charge in [0.2, 0.25) is 5.78 Å². The van der Waals surface area contributed by atoms with Crippen molar-refractivity contribution in [3.05, 3.63) is 73.8 Å². The zero-order valence-electron chi connectivity index (χ0n) is 12.4. The second-order valence-electron chi connectivity index (χ2n) is 4.84. The van der Waals surface area contributed by atoms with Crippen LogP contribution in [0.15, 0.2) is 42.5 Å². The lowest BCUT2D eigenvalue weighted by atomic mass is 10.1. The maximum atomic E-state index is 12.2. The first-order valence-corrected chi connectivity index (χ1v) is 7.50. The number of ether oxygens (including phenoxy) is 1. The molecule has 24 heavy (non-hydrogen) atoms. The van der Waals surface area contributed by atoms with Gasteiger partial charge in [0.1, 0.15) is 0 Å². The molecule has 0 aliphatic heterocycles. The Morgan fingerprint density at radius 3 is 2.33 bits per heavy atom. The number of rotatable bonds is 5. The van der Waals surface area contributed by atoms with Gasteiger partial charge >= 0.3 is 5.97 Å². The van der Waals surface area contributed by atoms with Gasteiger partial charge in [0.15, 0.2) is 6.10 Å². The Morgan fingerprint density at radius 2 is 1.75 bits per heavy atom. The molecule has 0 aromatic heterocycles. The molecule has 0 heterocycles. The Bertz CT molecular complexity index is 805. The summed E-state index contributed by atoms with van der Waals surface area (Å²) in [4.78, 5) is 34.5. The molecule has 2 aromatic rings. The Balaban J connectivity index is 2.17. The third-order valence-electron chi connectivity index (χ3n) is 3.16. The van der Waals surface area contributed by atoms with E-state index in [2.05, 4.69) is 0 Å². The fourth-order valence-electron chi connectivity index (χ4n) is 1.91. The summed E-state index contributed by atoms with van der Waals surface area (Å²) in [6.45, 7) is 1.40. The quantitative estimate of drug-likeness (QED) is 0.339. The highest BCUT2D eigenvalue weighted by atomic mass is 35.5. The van der Waals surface area contributed by atoms with E-state index in [9.17, 15) is 19.7 Å². The molecule has 6 nitrogen and oxygen atoms in total. The number of nitro groups is 1. The van der Waals surface area contributed by atoms with Crippen LogP contribution in [0.5, 0.6) is 0 Å². The van der Waals surface area contributed by atoms with E-state index in [0.717, 1.165) is 6.07 Å². The molecule has 0 aliphatic carbocycles. The number of halogens is 2. The summed E-state index contributed by atoms with van der Waals surface area (Å²) < 4.78 is 5.07. The van der Waals surface area contributed by atoms with Crippen LogP contribution in [0.1, 0.15) is 27.6 Å². The van der Waals surface area contributed by atoms with Crippen LogP contribution in [0, 0.1) is 10.1 Å². The SMILES string of the molecule is C[C@H](OC(=O)c1cc([N+](=O)[O-])ccc1Cl)C(=O)c1ccc(Cl)cc1. The van der Waals surface area contributed by atoms with Gasteiger partial charge in [-0.3, -0.25) is 14.9 Å². The molecule has 0 saturated heterocycles. The molecule has 0 unspecified atom stereocenters. The molecule has 8 heteroatoms. The summed E-state index contributed by atoms with van der Waals surface area (Å²) in [7, 11) is 0. The molecule has 0 spiro atoms. The molecule has 0 radical (unpaired) electrons. The number of ketones is 1. The average Bonchev–Trinajstić information content (AvgIpc) is 2.54. The van der Waals surface area contributed by atoms with Crippen LogP contribution in [-0.2, 0) is 4.74 Å². The normalized spacial score (nSPS) is 11.6. The van der Waals surface area contributed by atoms with Gasteiger partial charge in [-0.1, -0.05) is 23.2 Å². The molecular weight excluding hydrogens is 357 g/mol. The maximum absolute atomic E-state index is 12.2. The monoisotopic (exact) mass is 367 g/mol. The lowest BCUT2D eigenvalue weighted by Gasteiger charge is -2.13. The summed E-state index contributed by atoms with van der Waals surface area (Å²) in [5.74, 6) is -1.35. The van der Waals surface area contributed by atoms with Crippen molar-refractivity contribution in [3.63, 3.8) is 0 Å². The van der Waals surface area contributed by atoms with Gasteiger partial charge < -0.3 is 4.74 Å². The Kier molecular flexibility index (Phi) is 5.54. The van der Waals surface area contributed by atoms with Crippen LogP contribution >= 0.6 is 23.2 Å². The number of carbonyl (C=O) groups is 2. The standard InChI is InChI=1S/C16H11Cl2NO5/c1-9(15(20)10-2-4-11(17)5-3-10)24-16(21)13-8-12(19(22)23)6-7-14(13)18/h2-9H,1H3/t9-/m0/s1. The van der Waals surface area contributed by atoms with Crippen LogP contribution in [0.2, 0.25) is 10.0 Å². The summed E-state index contributed by atoms with van der Waals surface area (Å²) >= 11 is 11.6. The number of esters is 1. The molecule has 1 atom stereocenters. The second kappa shape index (κ2) is 7.42. The van der Waals surface area contributed by atoms with Crippen molar-refractivity contribution in [2.45, 2.75) is 13.0 Å². The molecule has 0 saturated carbocycles. The maximum Gasteiger partial charge on any atom is 0.340 e. The molecule has 0 aliphatic rings. The summed E-state index contributed by atoms with van der Waals surface area (Å²) in [6.07, 6.45) is -1.09. The smallest absolute Gasteiger partial charge is 0.340 e. The number of hydrogen-bond acceptors (Lipinski definition) is 5. The van der Waals surface area contributed by atoms with E-state index in [1.165, 1.54) is 31.2 Å². The van der Waals surface area contributed by atoms with E-state index in [1.54, 1.807) is 12.1 Å². The lowest BCUT2D eigenvalue weighted by Crippen LogP contribution is -2.24. The molecular formula is C16H11Cl2NO5. The van der Waals surface area contributed by atoms with Gasteiger partial charge in [-0.2, -0.15) is 0 Å². The van der Waals surface area contributed by atoms with Crippen LogP contribution in [0.3, 0.4) is 0 Å². The summed E-state index contributed by atoms with van der Waals surface area (Å²) in [6, 6.07) is 9.50. The minimum Gasteiger partial charge on any atom is -0.451 e. The van der Waals surface area contributed by atoms with E-state index in [1.807, 2.05) is 0 Å². The molecule has 0 fully saturated rings. The number of non-ortho nitro benzene ring substituents is 1. The molecule has 0 amide bonds. The Labute approximate surface area is 147 Å². The first-order valence-electron chi connectivity index (χ1n) is 6.74. The lowest BCUT2D eigenvalue weighted by molar-refractivity contribution is -0.384. The third kappa shape index (κ3) is 4.10. The summed E-state index contributed by atoms with van der Waals surface area (Å²) in [5, 5.41) is 11.2. The van der Waals surface area contributed by atoms with Crippen molar-refractivity contribution in [1.29, 1.82) is 0 Å². The number of Topliss-reactive ketones (excluding diaryl/α,β-unsaturated/α-hetero) is 1. The minimum absolute atomic E-state index is 0.00302. The second-order valence-corrected chi connectivity index (χ2v) is 5.68. The van der Waals surface area contributed by atoms with Gasteiger partial charge in [0, 0.05) is 22.7 Å². The topological polar surface area (TPSA) is 86.5 Å². The predicted molar refractivity (Wildman–Crippen MR) is 88.8 cm³/mol. The van der Waals surface area contributed by atoms with Crippen LogP contribution in [0.25, 0.3) is 0 Å². The van der Waals surface area contributed by atoms with Crippen molar-refractivity contribution in [2.75, 3.05) is 0 Å². The number of carbonyl (C=O) groups excluding carboxylic acids is 2. The zero-order chi connectivity index (χ0) is 17.9. The van der Waals surface area contributed by atoms with Crippen LogP contribution in [-0.4, -0.2) is 22.8 Å². The van der Waals surface area contributed by atoms with Crippen molar-refractivity contribution in [3.8, 4) is 0 Å². The van der Waals surface area contributed by atoms with Crippen molar-refractivity contribution in [1.82, 2.24) is 0 Å². The van der Waals surface area contributed by atoms with E-state index in [-0.39, 0.29) is 16.3 Å². The summed E-state index contributed by atoms with van der Waals surface area (Å²) in [5.41, 5.74) is -0.158. The Hall–Kier alpha value is -2.44. The largest absolute Gasteiger partial charge is 0.451 e. The fourth-order valence-corrected chi connectivity index (χ4v) is 2.23. The first kappa shape index (κ1) is 17.9. The fraction of sp³-hybridized carbons (Fsp3) is 0.125. The highest BCUT2D eigenvalue weighted by molar-refractivity contribution is 6.33. The van der Waals surface area contributed by atoms with E-state index in [0.29, 0.717) is 10.6 Å². The zero-order valence-corrected chi connectivity index (χ0v) is 13.9. The van der Waals surface area contributed by atoms with Gasteiger partial charge in [-0.15, -0.1) is 0 Å². The molecule has 2 aromatic carbocycles. The highest BCUT2D eigenvalue weighted by Crippen LogP contribution is 2.23. The van der Waals surface area contributed by atoms with Crippen LogP contribution in [0.4, 0.5) is 5.69 Å². The number of benzene rings is 2. The van der Waals surface area contributed by atoms with E-state index >= 15 is 0 Å². The van der Waals surface area contributed by atoms with Crippen molar-refractivity contribution >= 4 is 40.6 Å². The third-order valence-corrected chi connectivity index (χ3v) is 3.74. The van der Waals surface area contributed by atoms with E-state index in [4.69, 9.17) is 27.9 Å². The Morgan fingerprint density at radius 1 is 1.12 bits per heavy atom. The van der Waals surface area contributed by atoms with Crippen molar-refractivity contribution in [2.24, 2.45) is 0 Å². The molecule has 2 rings (SSSR count). The van der Waals surface area contributed by atoms with E-state index < -0.39 is 22.8 Å². The average molecular weight is 368 g/mol. The number of nitrogens with zero attached hydrogens (tertiary/aromatic N) is 1. The molecule has 124 valence electrons. The van der Waals surface area contributed by atoms with Gasteiger partial charge in [0.25, 0.3) is 5.69 Å². The predicted octanol–water partition coefficient (Wildman–Crippen LogP) is 4.33. The number of nitro benzene ring substituents is 1. The van der Waals surface area contributed by atoms with Gasteiger partial charge in [-0.05, 0) is 37.3 Å². The minimum atomic E-state index is -1.09. The molecule has 0 N–H and O–H groups in total. The van der Waals surface area contributed by atoms with Gasteiger partial charge in [-0.25, -0.2) is 4.79 Å². The first-order chi connectivity index (χ1) is 11.3. The van der Waals surface area contributed by atoms with Gasteiger partial charge in [0.05, 0.1) is 15.5 Å². The van der Waals surface area contributed by atoms with Crippen molar-refractivity contribution < 1.29 is 19.2 Å². The molecule has 0 bridgehead atoms.